The molecule has 0 aromatic rings. The van der Waals surface area contributed by atoms with Crippen LogP contribution in [0.2, 0.25) is 0 Å². The molecule has 2 heterocycles. The Kier molecular flexibility index (Phi) is 4.82. The molecule has 0 amide bonds. The zero-order valence-corrected chi connectivity index (χ0v) is 12.5. The van der Waals surface area contributed by atoms with Crippen molar-refractivity contribution in [3.05, 3.63) is 0 Å². The highest BCUT2D eigenvalue weighted by Gasteiger charge is 2.51. The number of rotatable bonds is 3. The molecule has 118 valence electrons. The van der Waals surface area contributed by atoms with Crippen LogP contribution in [-0.2, 0) is 28.6 Å². The Morgan fingerprint density at radius 1 is 0.905 bits per heavy atom. The first-order valence-electron chi connectivity index (χ1n) is 7.14. The van der Waals surface area contributed by atoms with Crippen LogP contribution in [0.25, 0.3) is 0 Å². The van der Waals surface area contributed by atoms with Gasteiger partial charge in [-0.2, -0.15) is 0 Å². The van der Waals surface area contributed by atoms with Crippen LogP contribution in [-0.4, -0.2) is 60.3 Å². The Morgan fingerprint density at radius 3 is 2.05 bits per heavy atom. The van der Waals surface area contributed by atoms with Crippen LogP contribution in [0.5, 0.6) is 0 Å². The maximum absolute atomic E-state index is 11.3. The van der Waals surface area contributed by atoms with Crippen LogP contribution in [0, 0.1) is 0 Å². The van der Waals surface area contributed by atoms with Gasteiger partial charge in [-0.05, 0) is 19.4 Å². The van der Waals surface area contributed by atoms with E-state index in [9.17, 15) is 14.4 Å². The second-order valence-electron chi connectivity index (χ2n) is 5.50. The molecular weight excluding hydrogens is 278 g/mol. The molecule has 2 saturated heterocycles. The molecule has 0 unspecified atom stereocenters. The summed E-state index contributed by atoms with van der Waals surface area (Å²) in [5.74, 6) is -1.22. The summed E-state index contributed by atoms with van der Waals surface area (Å²) in [4.78, 5) is 35.9. The quantitative estimate of drug-likeness (QED) is 0.546. The molecule has 0 bridgehead atoms. The molecule has 0 saturated carbocycles. The summed E-state index contributed by atoms with van der Waals surface area (Å²) < 4.78 is 16.0. The summed E-state index contributed by atoms with van der Waals surface area (Å²) in [5, 5.41) is 0. The van der Waals surface area contributed by atoms with E-state index in [0.29, 0.717) is 13.0 Å². The number of hydrogen-bond acceptors (Lipinski definition) is 7. The van der Waals surface area contributed by atoms with Crippen molar-refractivity contribution in [3.63, 3.8) is 0 Å². The Balaban J connectivity index is 2.20. The Morgan fingerprint density at radius 2 is 1.48 bits per heavy atom. The van der Waals surface area contributed by atoms with Crippen molar-refractivity contribution in [3.8, 4) is 0 Å². The van der Waals surface area contributed by atoms with Gasteiger partial charge in [-0.1, -0.05) is 0 Å². The van der Waals surface area contributed by atoms with Crippen LogP contribution in [0.1, 0.15) is 33.6 Å². The lowest BCUT2D eigenvalue weighted by Crippen LogP contribution is -2.51. The SMILES string of the molecule is CC(=O)O[C@@H]1[C@@H]2[C@@H](OC(C)=O)CCCN2C[C@@H]1OC(C)=O. The number of hydrogen-bond donors (Lipinski definition) is 0. The summed E-state index contributed by atoms with van der Waals surface area (Å²) in [5.41, 5.74) is 0. The third-order valence-corrected chi connectivity index (χ3v) is 3.79. The monoisotopic (exact) mass is 299 g/mol. The van der Waals surface area contributed by atoms with Gasteiger partial charge in [0.15, 0.2) is 12.2 Å². The van der Waals surface area contributed by atoms with Crippen molar-refractivity contribution in [1.29, 1.82) is 0 Å². The summed E-state index contributed by atoms with van der Waals surface area (Å²) in [6, 6.07) is -0.254. The highest BCUT2D eigenvalue weighted by Crippen LogP contribution is 2.33. The maximum Gasteiger partial charge on any atom is 0.303 e. The van der Waals surface area contributed by atoms with E-state index >= 15 is 0 Å². The minimum atomic E-state index is -0.601. The van der Waals surface area contributed by atoms with Gasteiger partial charge in [-0.25, -0.2) is 0 Å². The van der Waals surface area contributed by atoms with Crippen molar-refractivity contribution < 1.29 is 28.6 Å². The number of fused-ring (bicyclic) bond motifs is 1. The molecule has 0 aromatic heterocycles. The molecule has 7 nitrogen and oxygen atoms in total. The zero-order valence-electron chi connectivity index (χ0n) is 12.5. The topological polar surface area (TPSA) is 82.1 Å². The van der Waals surface area contributed by atoms with Gasteiger partial charge in [0.1, 0.15) is 6.10 Å². The van der Waals surface area contributed by atoms with Crippen LogP contribution < -0.4 is 0 Å². The van der Waals surface area contributed by atoms with Gasteiger partial charge in [-0.15, -0.1) is 0 Å². The first-order chi connectivity index (χ1) is 9.88. The number of carbonyl (C=O) groups excluding carboxylic acids is 3. The van der Waals surface area contributed by atoms with Crippen molar-refractivity contribution in [2.75, 3.05) is 13.1 Å². The summed E-state index contributed by atoms with van der Waals surface area (Å²) in [6.45, 7) is 5.29. The summed E-state index contributed by atoms with van der Waals surface area (Å²) >= 11 is 0. The van der Waals surface area contributed by atoms with E-state index in [1.54, 1.807) is 0 Å². The largest absolute Gasteiger partial charge is 0.461 e. The normalized spacial score (nSPS) is 32.1. The lowest BCUT2D eigenvalue weighted by Gasteiger charge is -2.37. The number of carbonyl (C=O) groups is 3. The number of esters is 3. The van der Waals surface area contributed by atoms with Crippen molar-refractivity contribution in [1.82, 2.24) is 4.90 Å². The highest BCUT2D eigenvalue weighted by molar-refractivity contribution is 5.68. The molecule has 2 aliphatic heterocycles. The number of ether oxygens (including phenoxy) is 3. The summed E-state index contributed by atoms with van der Waals surface area (Å²) in [7, 11) is 0. The van der Waals surface area contributed by atoms with E-state index in [-0.39, 0.29) is 18.1 Å². The van der Waals surface area contributed by atoms with E-state index in [1.807, 2.05) is 0 Å². The second kappa shape index (κ2) is 6.43. The molecule has 2 aliphatic rings. The smallest absolute Gasteiger partial charge is 0.303 e. The predicted octanol–water partition coefficient (Wildman–Crippen LogP) is 0.259. The molecule has 2 fully saturated rings. The van der Waals surface area contributed by atoms with Crippen LogP contribution >= 0.6 is 0 Å². The molecule has 4 atom stereocenters. The van der Waals surface area contributed by atoms with Gasteiger partial charge >= 0.3 is 17.9 Å². The van der Waals surface area contributed by atoms with Gasteiger partial charge in [0.25, 0.3) is 0 Å². The van der Waals surface area contributed by atoms with Crippen LogP contribution in [0.4, 0.5) is 0 Å². The standard InChI is InChI=1S/C14H21NO6/c1-8(16)19-11-5-4-6-15-7-12(20-9(2)17)14(13(11)15)21-10(3)18/h11-14H,4-7H2,1-3H3/t11-,12-,13-,14-/m0/s1. The molecule has 0 radical (unpaired) electrons. The average Bonchev–Trinajstić information content (AvgIpc) is 2.66. The van der Waals surface area contributed by atoms with Crippen molar-refractivity contribution in [2.24, 2.45) is 0 Å². The van der Waals surface area contributed by atoms with E-state index in [4.69, 9.17) is 14.2 Å². The predicted molar refractivity (Wildman–Crippen MR) is 71.3 cm³/mol. The minimum absolute atomic E-state index is 0.254. The Hall–Kier alpha value is -1.63. The van der Waals surface area contributed by atoms with E-state index < -0.39 is 24.1 Å². The zero-order chi connectivity index (χ0) is 15.6. The number of nitrogens with zero attached hydrogens (tertiary/aromatic N) is 1. The second-order valence-corrected chi connectivity index (χ2v) is 5.50. The van der Waals surface area contributed by atoms with Gasteiger partial charge in [0.05, 0.1) is 6.04 Å². The molecule has 21 heavy (non-hydrogen) atoms. The molecule has 7 heteroatoms. The Labute approximate surface area is 123 Å². The van der Waals surface area contributed by atoms with Gasteiger partial charge in [-0.3, -0.25) is 19.3 Å². The molecule has 0 aliphatic carbocycles. The molecule has 2 rings (SSSR count). The maximum atomic E-state index is 11.3. The molecule has 0 aromatic carbocycles. The average molecular weight is 299 g/mol. The van der Waals surface area contributed by atoms with E-state index in [0.717, 1.165) is 13.0 Å². The van der Waals surface area contributed by atoms with Crippen LogP contribution in [0.3, 0.4) is 0 Å². The third-order valence-electron chi connectivity index (χ3n) is 3.79. The van der Waals surface area contributed by atoms with Gasteiger partial charge < -0.3 is 14.2 Å². The fourth-order valence-electron chi connectivity index (χ4n) is 3.23. The van der Waals surface area contributed by atoms with Crippen molar-refractivity contribution in [2.45, 2.75) is 58.0 Å². The first-order valence-corrected chi connectivity index (χ1v) is 7.14. The van der Waals surface area contributed by atoms with E-state index in [2.05, 4.69) is 4.90 Å². The lowest BCUT2D eigenvalue weighted by molar-refractivity contribution is -0.169. The minimum Gasteiger partial charge on any atom is -0.461 e. The molecule has 0 spiro atoms. The Bertz CT molecular complexity index is 437. The van der Waals surface area contributed by atoms with Crippen LogP contribution in [0.15, 0.2) is 0 Å². The summed E-state index contributed by atoms with van der Waals surface area (Å²) in [6.07, 6.45) is 0.129. The van der Waals surface area contributed by atoms with Crippen molar-refractivity contribution >= 4 is 17.9 Å². The number of piperidine rings is 1. The van der Waals surface area contributed by atoms with Gasteiger partial charge in [0.2, 0.25) is 0 Å². The lowest BCUT2D eigenvalue weighted by atomic mass is 9.96. The molecule has 0 N–H and O–H groups in total. The third kappa shape index (κ3) is 3.72. The molecular formula is C14H21NO6. The first kappa shape index (κ1) is 15.8. The van der Waals surface area contributed by atoms with Gasteiger partial charge in [0, 0.05) is 27.3 Å². The highest BCUT2D eigenvalue weighted by atomic mass is 16.6. The fraction of sp³-hybridized carbons (Fsp3) is 0.786. The van der Waals surface area contributed by atoms with E-state index in [1.165, 1.54) is 20.8 Å². The fourth-order valence-corrected chi connectivity index (χ4v) is 3.23.